The molecule has 1 atom stereocenters. The quantitative estimate of drug-likeness (QED) is 0.854. The largest absolute Gasteiger partial charge is 0.317 e. The molecule has 1 heterocycles. The van der Waals surface area contributed by atoms with Gasteiger partial charge < -0.3 is 5.73 Å². The Kier molecular flexibility index (Phi) is 8.83. The molecule has 4 nitrogen and oxygen atoms in total. The number of fused-ring (bicyclic) bond motifs is 1. The summed E-state index contributed by atoms with van der Waals surface area (Å²) in [6.07, 6.45) is 2.50. The first kappa shape index (κ1) is 21.4. The first-order valence-electron chi connectivity index (χ1n) is 8.85. The van der Waals surface area contributed by atoms with Gasteiger partial charge in [-0.15, -0.1) is 0 Å². The maximum atomic E-state index is 12.4. The van der Waals surface area contributed by atoms with Crippen molar-refractivity contribution in [2.75, 3.05) is 6.67 Å². The van der Waals surface area contributed by atoms with Crippen LogP contribution in [0.4, 0.5) is 0 Å². The maximum Gasteiger partial charge on any atom is 0.245 e. The summed E-state index contributed by atoms with van der Waals surface area (Å²) in [6, 6.07) is 16.3. The molecule has 25 heavy (non-hydrogen) atoms. The maximum absolute atomic E-state index is 12.4. The van der Waals surface area contributed by atoms with Crippen LogP contribution in [0, 0.1) is 0 Å². The number of sulfonamides is 1. The number of nitrogens with zero attached hydrogens (tertiary/aromatic N) is 1. The van der Waals surface area contributed by atoms with Gasteiger partial charge in [-0.1, -0.05) is 89.1 Å². The molecule has 0 bridgehead atoms. The molecule has 1 aliphatic rings. The van der Waals surface area contributed by atoms with Crippen LogP contribution in [0.5, 0.6) is 0 Å². The van der Waals surface area contributed by atoms with Crippen molar-refractivity contribution in [3.8, 4) is 0 Å². The van der Waals surface area contributed by atoms with Crippen molar-refractivity contribution < 1.29 is 8.42 Å². The van der Waals surface area contributed by atoms with Crippen molar-refractivity contribution in [2.45, 2.75) is 51.5 Å². The monoisotopic (exact) mass is 362 g/mol. The second-order valence-electron chi connectivity index (χ2n) is 5.84. The van der Waals surface area contributed by atoms with Crippen molar-refractivity contribution >= 4 is 10.0 Å². The van der Waals surface area contributed by atoms with Crippen LogP contribution in [0.25, 0.3) is 0 Å². The van der Waals surface area contributed by atoms with Crippen molar-refractivity contribution in [3.05, 3.63) is 65.7 Å². The molecule has 0 saturated heterocycles. The van der Waals surface area contributed by atoms with Crippen LogP contribution in [-0.2, 0) is 10.0 Å². The van der Waals surface area contributed by atoms with Crippen molar-refractivity contribution in [1.82, 2.24) is 4.31 Å². The average molecular weight is 363 g/mol. The zero-order valence-electron chi connectivity index (χ0n) is 15.6. The van der Waals surface area contributed by atoms with Gasteiger partial charge in [0.05, 0.1) is 17.6 Å². The number of benzene rings is 2. The van der Waals surface area contributed by atoms with Crippen LogP contribution in [0.2, 0.25) is 0 Å². The molecule has 0 amide bonds. The summed E-state index contributed by atoms with van der Waals surface area (Å²) in [5.74, 6) is 0. The summed E-state index contributed by atoms with van der Waals surface area (Å²) in [7, 11) is -3.49. The number of hydrogen-bond donors (Lipinski definition) is 1. The number of rotatable bonds is 2. The summed E-state index contributed by atoms with van der Waals surface area (Å²) in [5, 5.41) is 0. The van der Waals surface area contributed by atoms with Gasteiger partial charge in [0.1, 0.15) is 0 Å². The fourth-order valence-corrected chi connectivity index (χ4v) is 4.24. The molecule has 2 aromatic carbocycles. The van der Waals surface area contributed by atoms with Gasteiger partial charge in [0.2, 0.25) is 10.0 Å². The molecule has 138 valence electrons. The molecular formula is C20H30N2O2S. The van der Waals surface area contributed by atoms with E-state index < -0.39 is 10.0 Å². The van der Waals surface area contributed by atoms with Crippen LogP contribution >= 0.6 is 0 Å². The lowest BCUT2D eigenvalue weighted by molar-refractivity contribution is 0.387. The van der Waals surface area contributed by atoms with Crippen LogP contribution in [0.15, 0.2) is 59.5 Å². The zero-order chi connectivity index (χ0) is 18.9. The molecule has 0 spiro atoms. The molecule has 3 rings (SSSR count). The first-order valence-corrected chi connectivity index (χ1v) is 10.3. The smallest absolute Gasteiger partial charge is 0.245 e. The Labute approximate surface area is 152 Å². The van der Waals surface area contributed by atoms with Gasteiger partial charge in [-0.05, 0) is 17.2 Å². The summed E-state index contributed by atoms with van der Waals surface area (Å²) in [5.41, 5.74) is 7.39. The first-order chi connectivity index (χ1) is 12.0. The molecular weight excluding hydrogens is 332 g/mol. The van der Waals surface area contributed by atoms with E-state index in [4.69, 9.17) is 5.73 Å². The summed E-state index contributed by atoms with van der Waals surface area (Å²) in [6.45, 7) is 8.47. The Morgan fingerprint density at radius 2 is 1.36 bits per heavy atom. The second-order valence-corrected chi connectivity index (χ2v) is 7.70. The fraction of sp³-hybridized carbons (Fsp3) is 0.400. The summed E-state index contributed by atoms with van der Waals surface area (Å²) in [4.78, 5) is 0.356. The van der Waals surface area contributed by atoms with Gasteiger partial charge in [-0.25, -0.2) is 8.42 Å². The SMILES string of the molecule is CCC.CCC.NCN1C(c2ccccc2)c2ccccc2S1(=O)=O. The molecule has 0 aliphatic carbocycles. The van der Waals surface area contributed by atoms with Crippen molar-refractivity contribution in [1.29, 1.82) is 0 Å². The average Bonchev–Trinajstić information content (AvgIpc) is 2.84. The highest BCUT2D eigenvalue weighted by Crippen LogP contribution is 2.42. The van der Waals surface area contributed by atoms with Gasteiger partial charge in [0.25, 0.3) is 0 Å². The number of nitrogens with two attached hydrogens (primary N) is 1. The van der Waals surface area contributed by atoms with Gasteiger partial charge in [0, 0.05) is 0 Å². The Hall–Kier alpha value is -1.69. The molecule has 1 unspecified atom stereocenters. The third-order valence-electron chi connectivity index (χ3n) is 3.38. The second kappa shape index (κ2) is 10.3. The van der Waals surface area contributed by atoms with Gasteiger partial charge in [-0.2, -0.15) is 4.31 Å². The van der Waals surface area contributed by atoms with E-state index in [0.29, 0.717) is 4.90 Å². The normalized spacial score (nSPS) is 17.6. The predicted molar refractivity (Wildman–Crippen MR) is 105 cm³/mol. The van der Waals surface area contributed by atoms with Crippen LogP contribution in [0.3, 0.4) is 0 Å². The molecule has 0 fully saturated rings. The summed E-state index contributed by atoms with van der Waals surface area (Å²) < 4.78 is 26.2. The minimum absolute atomic E-state index is 0.0312. The van der Waals surface area contributed by atoms with Gasteiger partial charge in [-0.3, -0.25) is 0 Å². The van der Waals surface area contributed by atoms with E-state index in [-0.39, 0.29) is 12.7 Å². The minimum atomic E-state index is -3.49. The van der Waals surface area contributed by atoms with Gasteiger partial charge in [0.15, 0.2) is 0 Å². The van der Waals surface area contributed by atoms with E-state index in [1.165, 1.54) is 17.1 Å². The standard InChI is InChI=1S/C14H14N2O2S.2C3H8/c15-10-16-14(11-6-2-1-3-7-11)12-8-4-5-9-13(12)19(16,17)18;2*1-3-2/h1-9,14H,10,15H2;2*3H2,1-2H3. The van der Waals surface area contributed by atoms with Crippen molar-refractivity contribution in [3.63, 3.8) is 0 Å². The van der Waals surface area contributed by atoms with Crippen LogP contribution in [0.1, 0.15) is 57.7 Å². The zero-order valence-corrected chi connectivity index (χ0v) is 16.5. The number of hydrogen-bond acceptors (Lipinski definition) is 3. The highest BCUT2D eigenvalue weighted by atomic mass is 32.2. The lowest BCUT2D eigenvalue weighted by atomic mass is 9.99. The molecule has 1 aliphatic heterocycles. The molecule has 2 aromatic rings. The van der Waals surface area contributed by atoms with E-state index in [2.05, 4.69) is 27.7 Å². The topological polar surface area (TPSA) is 63.4 Å². The third kappa shape index (κ3) is 4.91. The minimum Gasteiger partial charge on any atom is -0.317 e. The molecule has 2 N–H and O–H groups in total. The Balaban J connectivity index is 0.000000460. The predicted octanol–water partition coefficient (Wildman–Crippen LogP) is 4.53. The van der Waals surface area contributed by atoms with E-state index in [1.54, 1.807) is 12.1 Å². The molecule has 0 radical (unpaired) electrons. The van der Waals surface area contributed by atoms with E-state index >= 15 is 0 Å². The lowest BCUT2D eigenvalue weighted by Gasteiger charge is -2.21. The van der Waals surface area contributed by atoms with E-state index in [0.717, 1.165) is 11.1 Å². The van der Waals surface area contributed by atoms with Crippen LogP contribution in [-0.4, -0.2) is 19.4 Å². The van der Waals surface area contributed by atoms with Gasteiger partial charge >= 0.3 is 0 Å². The molecule has 0 aromatic heterocycles. The highest BCUT2D eigenvalue weighted by Gasteiger charge is 2.42. The molecule has 5 heteroatoms. The van der Waals surface area contributed by atoms with Crippen LogP contribution < -0.4 is 5.73 Å². The van der Waals surface area contributed by atoms with E-state index in [9.17, 15) is 8.42 Å². The molecule has 0 saturated carbocycles. The highest BCUT2D eigenvalue weighted by molar-refractivity contribution is 7.89. The lowest BCUT2D eigenvalue weighted by Crippen LogP contribution is -2.34. The summed E-state index contributed by atoms with van der Waals surface area (Å²) >= 11 is 0. The Morgan fingerprint density at radius 3 is 1.88 bits per heavy atom. The Bertz CT molecular complexity index is 728. The van der Waals surface area contributed by atoms with E-state index in [1.807, 2.05) is 42.5 Å². The Morgan fingerprint density at radius 1 is 0.880 bits per heavy atom. The van der Waals surface area contributed by atoms with Crippen molar-refractivity contribution in [2.24, 2.45) is 5.73 Å². The fourth-order valence-electron chi connectivity index (χ4n) is 2.55. The third-order valence-corrected chi connectivity index (χ3v) is 5.29.